The second-order valence-electron chi connectivity index (χ2n) is 5.39. The van der Waals surface area contributed by atoms with Gasteiger partial charge < -0.3 is 14.7 Å². The molecule has 1 N–H and O–H groups in total. The van der Waals surface area contributed by atoms with Gasteiger partial charge in [0.2, 0.25) is 0 Å². The Kier molecular flexibility index (Phi) is 3.04. The maximum absolute atomic E-state index is 10.8. The number of fused-ring (bicyclic) bond motifs is 1. The number of rotatable bonds is 2. The van der Waals surface area contributed by atoms with Crippen molar-refractivity contribution in [1.29, 1.82) is 0 Å². The number of nitrogens with zero attached hydrogens (tertiary/aromatic N) is 1. The van der Waals surface area contributed by atoms with Crippen molar-refractivity contribution in [2.24, 2.45) is 0 Å². The maximum Gasteiger partial charge on any atom is 0.122 e. The zero-order chi connectivity index (χ0) is 12.6. The summed E-state index contributed by atoms with van der Waals surface area (Å²) in [7, 11) is 0. The molecule has 2 heterocycles. The predicted molar refractivity (Wildman–Crippen MR) is 70.9 cm³/mol. The Morgan fingerprint density at radius 3 is 2.83 bits per heavy atom. The molecule has 3 heteroatoms. The molecule has 1 aromatic carbocycles. The van der Waals surface area contributed by atoms with Gasteiger partial charge in [0.25, 0.3) is 0 Å². The summed E-state index contributed by atoms with van der Waals surface area (Å²) in [5, 5.41) is 10.8. The smallest absolute Gasteiger partial charge is 0.122 e. The summed E-state index contributed by atoms with van der Waals surface area (Å²) in [5.74, 6) is 0.994. The normalized spacial score (nSPS) is 22.6. The highest BCUT2D eigenvalue weighted by atomic mass is 16.5. The molecule has 2 aliphatic heterocycles. The molecule has 0 bridgehead atoms. The lowest BCUT2D eigenvalue weighted by Gasteiger charge is -2.38. The molecule has 1 aromatic rings. The van der Waals surface area contributed by atoms with Crippen molar-refractivity contribution in [1.82, 2.24) is 4.90 Å². The van der Waals surface area contributed by atoms with E-state index in [0.717, 1.165) is 56.8 Å². The molecule has 0 radical (unpaired) electrons. The summed E-state index contributed by atoms with van der Waals surface area (Å²) in [6, 6.07) is 6.19. The summed E-state index contributed by atoms with van der Waals surface area (Å²) in [5.41, 5.74) is 1.69. The van der Waals surface area contributed by atoms with E-state index in [1.54, 1.807) is 0 Å². The molecular weight excluding hydrogens is 226 g/mol. The molecule has 2 aliphatic rings. The molecule has 98 valence electrons. The molecule has 0 saturated carbocycles. The summed E-state index contributed by atoms with van der Waals surface area (Å²) >= 11 is 0. The quantitative estimate of drug-likeness (QED) is 0.866. The van der Waals surface area contributed by atoms with E-state index in [1.165, 1.54) is 5.56 Å². The van der Waals surface area contributed by atoms with Crippen LogP contribution in [0.25, 0.3) is 0 Å². The first-order chi connectivity index (χ1) is 8.71. The van der Waals surface area contributed by atoms with E-state index >= 15 is 0 Å². The van der Waals surface area contributed by atoms with Crippen LogP contribution in [0.15, 0.2) is 18.2 Å². The van der Waals surface area contributed by atoms with Gasteiger partial charge in [0.05, 0.1) is 12.2 Å². The number of piperidine rings is 1. The Labute approximate surface area is 108 Å². The summed E-state index contributed by atoms with van der Waals surface area (Å²) in [4.78, 5) is 2.39. The number of benzene rings is 1. The summed E-state index contributed by atoms with van der Waals surface area (Å²) in [6.45, 7) is 6.01. The molecule has 18 heavy (non-hydrogen) atoms. The van der Waals surface area contributed by atoms with Gasteiger partial charge in [0, 0.05) is 19.5 Å². The third kappa shape index (κ3) is 2.02. The van der Waals surface area contributed by atoms with Crippen molar-refractivity contribution < 1.29 is 9.84 Å². The molecule has 0 aliphatic carbocycles. The topological polar surface area (TPSA) is 32.7 Å². The van der Waals surface area contributed by atoms with Crippen molar-refractivity contribution in [3.63, 3.8) is 0 Å². The van der Waals surface area contributed by atoms with Crippen molar-refractivity contribution in [2.75, 3.05) is 26.2 Å². The van der Waals surface area contributed by atoms with Gasteiger partial charge >= 0.3 is 0 Å². The Hall–Kier alpha value is -1.06. The minimum atomic E-state index is -0.636. The van der Waals surface area contributed by atoms with Crippen LogP contribution in [0.3, 0.4) is 0 Å². The van der Waals surface area contributed by atoms with Crippen LogP contribution in [-0.2, 0) is 12.0 Å². The molecule has 3 nitrogen and oxygen atoms in total. The van der Waals surface area contributed by atoms with Crippen LogP contribution in [0.1, 0.15) is 30.9 Å². The molecule has 0 aromatic heterocycles. The third-order valence-electron chi connectivity index (χ3n) is 4.36. The fourth-order valence-corrected chi connectivity index (χ4v) is 3.00. The van der Waals surface area contributed by atoms with E-state index < -0.39 is 5.60 Å². The summed E-state index contributed by atoms with van der Waals surface area (Å²) < 4.78 is 5.52. The van der Waals surface area contributed by atoms with Gasteiger partial charge in [-0.25, -0.2) is 0 Å². The Morgan fingerprint density at radius 1 is 1.33 bits per heavy atom. The molecule has 0 unspecified atom stereocenters. The SMILES string of the molecule is CCN1CCC(O)(c2ccc3c(c2)CCO3)CC1. The molecule has 0 atom stereocenters. The van der Waals surface area contributed by atoms with Gasteiger partial charge in [-0.3, -0.25) is 0 Å². The molecule has 0 amide bonds. The zero-order valence-electron chi connectivity index (χ0n) is 11.0. The second kappa shape index (κ2) is 4.56. The van der Waals surface area contributed by atoms with Gasteiger partial charge in [-0.15, -0.1) is 0 Å². The highest BCUT2D eigenvalue weighted by Gasteiger charge is 2.34. The average molecular weight is 247 g/mol. The molecular formula is C15H21NO2. The second-order valence-corrected chi connectivity index (χ2v) is 5.39. The average Bonchev–Trinajstić information content (AvgIpc) is 2.87. The van der Waals surface area contributed by atoms with Crippen LogP contribution in [0, 0.1) is 0 Å². The highest BCUT2D eigenvalue weighted by molar-refractivity contribution is 5.41. The Balaban J connectivity index is 1.82. The van der Waals surface area contributed by atoms with E-state index in [2.05, 4.69) is 17.9 Å². The van der Waals surface area contributed by atoms with Gasteiger partial charge in [-0.2, -0.15) is 0 Å². The van der Waals surface area contributed by atoms with E-state index in [1.807, 2.05) is 12.1 Å². The zero-order valence-corrected chi connectivity index (χ0v) is 11.0. The number of hydrogen-bond donors (Lipinski definition) is 1. The number of aliphatic hydroxyl groups is 1. The minimum Gasteiger partial charge on any atom is -0.493 e. The fraction of sp³-hybridized carbons (Fsp3) is 0.600. The van der Waals surface area contributed by atoms with Gasteiger partial charge in [0.15, 0.2) is 0 Å². The van der Waals surface area contributed by atoms with Crippen LogP contribution >= 0.6 is 0 Å². The number of hydrogen-bond acceptors (Lipinski definition) is 3. The van der Waals surface area contributed by atoms with Crippen LogP contribution in [0.2, 0.25) is 0 Å². The first kappa shape index (κ1) is 12.0. The lowest BCUT2D eigenvalue weighted by atomic mass is 9.83. The van der Waals surface area contributed by atoms with E-state index in [-0.39, 0.29) is 0 Å². The molecule has 1 fully saturated rings. The van der Waals surface area contributed by atoms with Crippen molar-refractivity contribution in [3.05, 3.63) is 29.3 Å². The Morgan fingerprint density at radius 2 is 2.11 bits per heavy atom. The monoisotopic (exact) mass is 247 g/mol. The third-order valence-corrected chi connectivity index (χ3v) is 4.36. The van der Waals surface area contributed by atoms with Gasteiger partial charge in [0.1, 0.15) is 5.75 Å². The predicted octanol–water partition coefficient (Wildman–Crippen LogP) is 1.92. The highest BCUT2D eigenvalue weighted by Crippen LogP contribution is 2.36. The van der Waals surface area contributed by atoms with E-state index in [4.69, 9.17) is 4.74 Å². The lowest BCUT2D eigenvalue weighted by molar-refractivity contribution is -0.0247. The molecule has 1 saturated heterocycles. The summed E-state index contributed by atoms with van der Waals surface area (Å²) in [6.07, 6.45) is 2.64. The van der Waals surface area contributed by atoms with Crippen LogP contribution in [-0.4, -0.2) is 36.2 Å². The van der Waals surface area contributed by atoms with Gasteiger partial charge in [-0.1, -0.05) is 13.0 Å². The van der Waals surface area contributed by atoms with Crippen molar-refractivity contribution in [2.45, 2.75) is 31.8 Å². The largest absolute Gasteiger partial charge is 0.493 e. The maximum atomic E-state index is 10.8. The number of ether oxygens (including phenoxy) is 1. The van der Waals surface area contributed by atoms with E-state index in [0.29, 0.717) is 0 Å². The lowest BCUT2D eigenvalue weighted by Crippen LogP contribution is -2.42. The van der Waals surface area contributed by atoms with Crippen molar-refractivity contribution >= 4 is 0 Å². The Bertz CT molecular complexity index is 436. The van der Waals surface area contributed by atoms with Crippen LogP contribution in [0.5, 0.6) is 5.75 Å². The van der Waals surface area contributed by atoms with Crippen LogP contribution < -0.4 is 4.74 Å². The number of likely N-dealkylation sites (tertiary alicyclic amines) is 1. The molecule has 3 rings (SSSR count). The van der Waals surface area contributed by atoms with Crippen molar-refractivity contribution in [3.8, 4) is 5.75 Å². The van der Waals surface area contributed by atoms with E-state index in [9.17, 15) is 5.11 Å². The first-order valence-corrected chi connectivity index (χ1v) is 6.92. The first-order valence-electron chi connectivity index (χ1n) is 6.92. The standard InChI is InChI=1S/C15H21NO2/c1-2-16-8-6-15(17,7-9-16)13-3-4-14-12(11-13)5-10-18-14/h3-4,11,17H,2,5-10H2,1H3. The fourth-order valence-electron chi connectivity index (χ4n) is 3.00. The van der Waals surface area contributed by atoms with Gasteiger partial charge in [-0.05, 0) is 42.6 Å². The molecule has 0 spiro atoms. The van der Waals surface area contributed by atoms with Crippen LogP contribution in [0.4, 0.5) is 0 Å². The minimum absolute atomic E-state index is 0.636.